The molecule has 0 aliphatic carbocycles. The van der Waals surface area contributed by atoms with Crippen molar-refractivity contribution < 1.29 is 14.3 Å². The lowest BCUT2D eigenvalue weighted by molar-refractivity contribution is -0.129. The van der Waals surface area contributed by atoms with Crippen LogP contribution in [-0.2, 0) is 4.79 Å². The van der Waals surface area contributed by atoms with Crippen molar-refractivity contribution in [3.8, 4) is 11.5 Å². The number of nitrogens with zero attached hydrogens (tertiary/aromatic N) is 1. The van der Waals surface area contributed by atoms with E-state index in [9.17, 15) is 4.79 Å². The number of methoxy groups -OCH3 is 2. The van der Waals surface area contributed by atoms with Crippen LogP contribution in [0.1, 0.15) is 17.9 Å². The lowest BCUT2D eigenvalue weighted by Crippen LogP contribution is -2.35. The summed E-state index contributed by atoms with van der Waals surface area (Å²) in [4.78, 5) is 14.2. The van der Waals surface area contributed by atoms with Gasteiger partial charge in [0, 0.05) is 13.1 Å². The summed E-state index contributed by atoms with van der Waals surface area (Å²) in [5.74, 6) is 1.58. The van der Waals surface area contributed by atoms with Crippen molar-refractivity contribution in [3.63, 3.8) is 0 Å². The molecule has 0 saturated carbocycles. The fraction of sp³-hybridized carbons (Fsp3) is 0.533. The summed E-state index contributed by atoms with van der Waals surface area (Å²) in [5.41, 5.74) is 1.06. The monoisotopic (exact) mass is 310 g/mol. The Morgan fingerprint density at radius 3 is 2.62 bits per heavy atom. The lowest BCUT2D eigenvalue weighted by Gasteiger charge is -2.24. The van der Waals surface area contributed by atoms with E-state index in [0.29, 0.717) is 18.0 Å². The Labute approximate surface area is 130 Å². The minimum Gasteiger partial charge on any atom is -0.493 e. The van der Waals surface area contributed by atoms with Gasteiger partial charge >= 0.3 is 0 Å². The molecule has 1 amide bonds. The molecule has 1 aromatic carbocycles. The van der Waals surface area contributed by atoms with E-state index in [-0.39, 0.29) is 16.5 Å². The number of nitrogens with one attached hydrogen (secondary N) is 1. The van der Waals surface area contributed by atoms with Crippen LogP contribution in [0.15, 0.2) is 18.2 Å². The summed E-state index contributed by atoms with van der Waals surface area (Å²) in [6.45, 7) is 3.44. The van der Waals surface area contributed by atoms with Crippen LogP contribution >= 0.6 is 11.8 Å². The number of hydrogen-bond acceptors (Lipinski definition) is 5. The Kier molecular flexibility index (Phi) is 5.36. The average Bonchev–Trinajstić information content (AvgIpc) is 2.79. The van der Waals surface area contributed by atoms with Crippen LogP contribution in [0.2, 0.25) is 0 Å². The number of thioether (sulfide) groups is 1. The molecule has 1 fully saturated rings. The molecule has 0 unspecified atom stereocenters. The number of amides is 1. The summed E-state index contributed by atoms with van der Waals surface area (Å²) in [7, 11) is 5.13. The minimum atomic E-state index is -0.0139. The van der Waals surface area contributed by atoms with Crippen molar-refractivity contribution in [2.45, 2.75) is 17.5 Å². The first kappa shape index (κ1) is 16.0. The molecule has 1 aliphatic heterocycles. The first-order chi connectivity index (χ1) is 10.1. The summed E-state index contributed by atoms with van der Waals surface area (Å²) >= 11 is 1.67. The SMILES string of the molecule is CNCCN1C(=O)[C@H](C)S[C@H]1c1ccc(OC)c(OC)c1. The van der Waals surface area contributed by atoms with Gasteiger partial charge in [0.2, 0.25) is 5.91 Å². The quantitative estimate of drug-likeness (QED) is 0.869. The highest BCUT2D eigenvalue weighted by Crippen LogP contribution is 2.44. The summed E-state index contributed by atoms with van der Waals surface area (Å²) in [6.07, 6.45) is 0. The lowest BCUT2D eigenvalue weighted by atomic mass is 10.1. The molecule has 6 heteroatoms. The second kappa shape index (κ2) is 7.04. The topological polar surface area (TPSA) is 50.8 Å². The van der Waals surface area contributed by atoms with E-state index in [1.165, 1.54) is 0 Å². The van der Waals surface area contributed by atoms with Crippen LogP contribution in [0.25, 0.3) is 0 Å². The van der Waals surface area contributed by atoms with E-state index >= 15 is 0 Å². The van der Waals surface area contributed by atoms with E-state index in [1.807, 2.05) is 37.1 Å². The van der Waals surface area contributed by atoms with E-state index < -0.39 is 0 Å². The molecule has 1 heterocycles. The van der Waals surface area contributed by atoms with Crippen molar-refractivity contribution in [2.24, 2.45) is 0 Å². The molecule has 2 rings (SSSR count). The first-order valence-electron chi connectivity index (χ1n) is 6.94. The van der Waals surface area contributed by atoms with Gasteiger partial charge in [-0.15, -0.1) is 11.8 Å². The highest BCUT2D eigenvalue weighted by atomic mass is 32.2. The molecule has 1 N–H and O–H groups in total. The molecule has 1 aliphatic rings. The van der Waals surface area contributed by atoms with Gasteiger partial charge in [0.15, 0.2) is 11.5 Å². The van der Waals surface area contributed by atoms with Gasteiger partial charge in [0.1, 0.15) is 5.37 Å². The zero-order valence-corrected chi connectivity index (χ0v) is 13.7. The number of carbonyl (C=O) groups is 1. The number of carbonyl (C=O) groups excluding carboxylic acids is 1. The predicted octanol–water partition coefficient (Wildman–Crippen LogP) is 1.89. The van der Waals surface area contributed by atoms with Crippen LogP contribution in [0.3, 0.4) is 0 Å². The molecule has 0 aromatic heterocycles. The van der Waals surface area contributed by atoms with Crippen molar-refractivity contribution >= 4 is 17.7 Å². The molecule has 116 valence electrons. The average molecular weight is 310 g/mol. The molecule has 5 nitrogen and oxygen atoms in total. The maximum Gasteiger partial charge on any atom is 0.236 e. The molecule has 0 radical (unpaired) electrons. The molecule has 2 atom stereocenters. The van der Waals surface area contributed by atoms with Gasteiger partial charge in [-0.2, -0.15) is 0 Å². The standard InChI is InChI=1S/C15H22N2O3S/c1-10-14(18)17(8-7-16-2)15(21-10)11-5-6-12(19-3)13(9-11)20-4/h5-6,9-10,15-16H,7-8H2,1-4H3/t10-,15-/m0/s1. The Morgan fingerprint density at radius 1 is 1.29 bits per heavy atom. The molecule has 1 aromatic rings. The molecular weight excluding hydrogens is 288 g/mol. The van der Waals surface area contributed by atoms with E-state index in [2.05, 4.69) is 5.32 Å². The van der Waals surface area contributed by atoms with Gasteiger partial charge < -0.3 is 19.7 Å². The summed E-state index contributed by atoms with van der Waals surface area (Å²) in [5, 5.41) is 3.11. The van der Waals surface area contributed by atoms with Crippen molar-refractivity contribution in [1.29, 1.82) is 0 Å². The van der Waals surface area contributed by atoms with Crippen molar-refractivity contribution in [1.82, 2.24) is 10.2 Å². The molecular formula is C15H22N2O3S. The third-order valence-corrected chi connectivity index (χ3v) is 4.94. The van der Waals surface area contributed by atoms with Gasteiger partial charge in [-0.1, -0.05) is 6.07 Å². The minimum absolute atomic E-state index is 0.0139. The number of hydrogen-bond donors (Lipinski definition) is 1. The van der Waals surface area contributed by atoms with E-state index in [4.69, 9.17) is 9.47 Å². The summed E-state index contributed by atoms with van der Waals surface area (Å²) in [6, 6.07) is 5.84. The molecule has 21 heavy (non-hydrogen) atoms. The smallest absolute Gasteiger partial charge is 0.236 e. The number of ether oxygens (including phenoxy) is 2. The molecule has 0 bridgehead atoms. The van der Waals surface area contributed by atoms with Gasteiger partial charge in [-0.3, -0.25) is 4.79 Å². The van der Waals surface area contributed by atoms with Crippen LogP contribution < -0.4 is 14.8 Å². The third-order valence-electron chi connectivity index (χ3n) is 3.54. The van der Waals surface area contributed by atoms with Gasteiger partial charge in [-0.05, 0) is 31.7 Å². The Hall–Kier alpha value is -1.40. The fourth-order valence-corrected chi connectivity index (χ4v) is 3.70. The van der Waals surface area contributed by atoms with Crippen LogP contribution in [-0.4, -0.2) is 50.4 Å². The van der Waals surface area contributed by atoms with Crippen LogP contribution in [0, 0.1) is 0 Å². The summed E-state index contributed by atoms with van der Waals surface area (Å²) < 4.78 is 10.6. The zero-order valence-electron chi connectivity index (χ0n) is 12.9. The van der Waals surface area contributed by atoms with Crippen LogP contribution in [0.4, 0.5) is 0 Å². The Balaban J connectivity index is 2.28. The second-order valence-corrected chi connectivity index (χ2v) is 6.31. The highest BCUT2D eigenvalue weighted by molar-refractivity contribution is 8.01. The van der Waals surface area contributed by atoms with Crippen LogP contribution in [0.5, 0.6) is 11.5 Å². The van der Waals surface area contributed by atoms with Gasteiger partial charge in [0.25, 0.3) is 0 Å². The van der Waals surface area contributed by atoms with Crippen molar-refractivity contribution in [3.05, 3.63) is 23.8 Å². The highest BCUT2D eigenvalue weighted by Gasteiger charge is 2.38. The van der Waals surface area contributed by atoms with Gasteiger partial charge in [0.05, 0.1) is 19.5 Å². The number of rotatable bonds is 6. The Morgan fingerprint density at radius 2 is 2.00 bits per heavy atom. The number of likely N-dealkylation sites (N-methyl/N-ethyl adjacent to an activating group) is 1. The molecule has 0 spiro atoms. The molecule has 1 saturated heterocycles. The first-order valence-corrected chi connectivity index (χ1v) is 7.89. The third kappa shape index (κ3) is 3.27. The predicted molar refractivity (Wildman–Crippen MR) is 85.0 cm³/mol. The van der Waals surface area contributed by atoms with Gasteiger partial charge in [-0.25, -0.2) is 0 Å². The van der Waals surface area contributed by atoms with E-state index in [1.54, 1.807) is 26.0 Å². The fourth-order valence-electron chi connectivity index (χ4n) is 2.40. The van der Waals surface area contributed by atoms with E-state index in [0.717, 1.165) is 12.1 Å². The normalized spacial score (nSPS) is 21.7. The number of benzene rings is 1. The van der Waals surface area contributed by atoms with Crippen molar-refractivity contribution in [2.75, 3.05) is 34.4 Å². The second-order valence-electron chi connectivity index (χ2n) is 4.88. The largest absolute Gasteiger partial charge is 0.493 e. The maximum atomic E-state index is 12.3. The maximum absolute atomic E-state index is 12.3. The Bertz CT molecular complexity index is 510. The zero-order chi connectivity index (χ0) is 15.4.